The molecule has 1 aromatic carbocycles. The maximum absolute atomic E-state index is 6.06. The van der Waals surface area contributed by atoms with Crippen molar-refractivity contribution in [1.29, 1.82) is 0 Å². The Hall–Kier alpha value is -1.02. The molecule has 1 aliphatic heterocycles. The van der Waals surface area contributed by atoms with Gasteiger partial charge in [0.2, 0.25) is 0 Å². The number of benzene rings is 1. The molecule has 1 aromatic rings. The van der Waals surface area contributed by atoms with Crippen LogP contribution in [0.1, 0.15) is 45.1 Å². The van der Waals surface area contributed by atoms with Crippen molar-refractivity contribution in [3.05, 3.63) is 29.8 Å². The van der Waals surface area contributed by atoms with Crippen LogP contribution in [0.5, 0.6) is 0 Å². The maximum Gasteiger partial charge on any atom is 0.0398 e. The molecule has 0 saturated carbocycles. The summed E-state index contributed by atoms with van der Waals surface area (Å²) in [6.45, 7) is 6.56. The van der Waals surface area contributed by atoms with Crippen LogP contribution in [-0.2, 0) is 6.42 Å². The fourth-order valence-corrected chi connectivity index (χ4v) is 2.73. The zero-order valence-corrected chi connectivity index (χ0v) is 11.8. The van der Waals surface area contributed by atoms with Gasteiger partial charge in [0.05, 0.1) is 0 Å². The molecule has 0 radical (unpaired) electrons. The largest absolute Gasteiger partial charge is 0.371 e. The zero-order valence-electron chi connectivity index (χ0n) is 11.8. The standard InChI is InChI=1S/C16H26N2/c1-16(2,17)11-7-13-18-12-6-5-9-14-8-3-4-10-15(14)18/h3-4,8,10H,5-7,9,11-13,17H2,1-2H3. The first kappa shape index (κ1) is 13.4. The molecule has 0 saturated heterocycles. The number of anilines is 1. The summed E-state index contributed by atoms with van der Waals surface area (Å²) < 4.78 is 0. The van der Waals surface area contributed by atoms with E-state index in [-0.39, 0.29) is 5.54 Å². The monoisotopic (exact) mass is 246 g/mol. The lowest BCUT2D eigenvalue weighted by atomic mass is 10.00. The summed E-state index contributed by atoms with van der Waals surface area (Å²) in [6.07, 6.45) is 6.12. The van der Waals surface area contributed by atoms with Crippen LogP contribution in [0.25, 0.3) is 0 Å². The van der Waals surface area contributed by atoms with E-state index < -0.39 is 0 Å². The molecule has 2 N–H and O–H groups in total. The average molecular weight is 246 g/mol. The lowest BCUT2D eigenvalue weighted by Gasteiger charge is -2.27. The summed E-state index contributed by atoms with van der Waals surface area (Å²) in [7, 11) is 0. The quantitative estimate of drug-likeness (QED) is 0.883. The van der Waals surface area contributed by atoms with E-state index in [1.165, 1.54) is 43.5 Å². The molecule has 0 aromatic heterocycles. The highest BCUT2D eigenvalue weighted by Crippen LogP contribution is 2.26. The van der Waals surface area contributed by atoms with Crippen molar-refractivity contribution in [3.63, 3.8) is 0 Å². The number of para-hydroxylation sites is 1. The van der Waals surface area contributed by atoms with E-state index in [4.69, 9.17) is 5.73 Å². The molecule has 0 bridgehead atoms. The first-order valence-electron chi connectivity index (χ1n) is 7.18. The molecule has 2 rings (SSSR count). The van der Waals surface area contributed by atoms with E-state index in [1.54, 1.807) is 0 Å². The van der Waals surface area contributed by atoms with E-state index in [9.17, 15) is 0 Å². The van der Waals surface area contributed by atoms with Crippen molar-refractivity contribution < 1.29 is 0 Å². The van der Waals surface area contributed by atoms with Gasteiger partial charge in [-0.25, -0.2) is 0 Å². The minimum atomic E-state index is -0.0363. The van der Waals surface area contributed by atoms with Crippen molar-refractivity contribution >= 4 is 5.69 Å². The Balaban J connectivity index is 2.00. The van der Waals surface area contributed by atoms with Crippen LogP contribution in [0, 0.1) is 0 Å². The van der Waals surface area contributed by atoms with Crippen molar-refractivity contribution in [2.75, 3.05) is 18.0 Å². The number of nitrogens with zero attached hydrogens (tertiary/aromatic N) is 1. The van der Waals surface area contributed by atoms with Gasteiger partial charge in [-0.1, -0.05) is 18.2 Å². The average Bonchev–Trinajstić information content (AvgIpc) is 2.51. The van der Waals surface area contributed by atoms with E-state index in [2.05, 4.69) is 43.0 Å². The minimum Gasteiger partial charge on any atom is -0.371 e. The second kappa shape index (κ2) is 5.75. The highest BCUT2D eigenvalue weighted by molar-refractivity contribution is 5.54. The molecule has 18 heavy (non-hydrogen) atoms. The third kappa shape index (κ3) is 3.74. The summed E-state index contributed by atoms with van der Waals surface area (Å²) in [5.41, 5.74) is 8.99. The van der Waals surface area contributed by atoms with Gasteiger partial charge in [-0.2, -0.15) is 0 Å². The number of nitrogens with two attached hydrogens (primary N) is 1. The third-order valence-corrected chi connectivity index (χ3v) is 3.71. The molecule has 0 atom stereocenters. The minimum absolute atomic E-state index is 0.0363. The normalized spacial score (nSPS) is 16.3. The summed E-state index contributed by atoms with van der Waals surface area (Å²) in [6, 6.07) is 8.87. The SMILES string of the molecule is CC(C)(N)CCCN1CCCCc2ccccc21. The third-order valence-electron chi connectivity index (χ3n) is 3.71. The predicted octanol–water partition coefficient (Wildman–Crippen LogP) is 3.35. The van der Waals surface area contributed by atoms with Crippen molar-refractivity contribution in [2.45, 2.75) is 51.5 Å². The van der Waals surface area contributed by atoms with Gasteiger partial charge in [0.25, 0.3) is 0 Å². The van der Waals surface area contributed by atoms with Crippen molar-refractivity contribution in [1.82, 2.24) is 0 Å². The molecule has 2 nitrogen and oxygen atoms in total. The molecule has 1 aliphatic rings. The first-order valence-corrected chi connectivity index (χ1v) is 7.18. The highest BCUT2D eigenvalue weighted by Gasteiger charge is 2.16. The molecule has 100 valence electrons. The second-order valence-corrected chi connectivity index (χ2v) is 6.17. The fraction of sp³-hybridized carbons (Fsp3) is 0.625. The van der Waals surface area contributed by atoms with Gasteiger partial charge in [-0.05, 0) is 57.6 Å². The Bertz CT molecular complexity index is 379. The number of rotatable bonds is 4. The Morgan fingerprint density at radius 1 is 1.22 bits per heavy atom. The van der Waals surface area contributed by atoms with Gasteiger partial charge in [-0.3, -0.25) is 0 Å². The van der Waals surface area contributed by atoms with Gasteiger partial charge >= 0.3 is 0 Å². The van der Waals surface area contributed by atoms with Crippen LogP contribution in [0.3, 0.4) is 0 Å². The van der Waals surface area contributed by atoms with Gasteiger partial charge in [-0.15, -0.1) is 0 Å². The summed E-state index contributed by atoms with van der Waals surface area (Å²) in [4.78, 5) is 2.55. The topological polar surface area (TPSA) is 29.3 Å². The van der Waals surface area contributed by atoms with Crippen LogP contribution in [0.2, 0.25) is 0 Å². The lowest BCUT2D eigenvalue weighted by molar-refractivity contribution is 0.457. The van der Waals surface area contributed by atoms with Gasteiger partial charge < -0.3 is 10.6 Å². The predicted molar refractivity (Wildman–Crippen MR) is 79.1 cm³/mol. The summed E-state index contributed by atoms with van der Waals surface area (Å²) in [5, 5.41) is 0. The molecule has 0 spiro atoms. The number of fused-ring (bicyclic) bond motifs is 1. The molecule has 0 unspecified atom stereocenters. The highest BCUT2D eigenvalue weighted by atomic mass is 15.1. The Morgan fingerprint density at radius 2 is 2.00 bits per heavy atom. The van der Waals surface area contributed by atoms with Crippen LogP contribution >= 0.6 is 0 Å². The van der Waals surface area contributed by atoms with Gasteiger partial charge in [0.1, 0.15) is 0 Å². The van der Waals surface area contributed by atoms with E-state index in [0.717, 1.165) is 13.0 Å². The van der Waals surface area contributed by atoms with Crippen molar-refractivity contribution in [2.24, 2.45) is 5.73 Å². The molecule has 0 fully saturated rings. The number of hydrogen-bond acceptors (Lipinski definition) is 2. The van der Waals surface area contributed by atoms with E-state index >= 15 is 0 Å². The van der Waals surface area contributed by atoms with Crippen LogP contribution in [0.15, 0.2) is 24.3 Å². The zero-order chi connectivity index (χ0) is 13.0. The molecule has 0 amide bonds. The van der Waals surface area contributed by atoms with Crippen LogP contribution in [-0.4, -0.2) is 18.6 Å². The molecule has 0 aliphatic carbocycles. The van der Waals surface area contributed by atoms with Gasteiger partial charge in [0.15, 0.2) is 0 Å². The molecular formula is C16H26N2. The Morgan fingerprint density at radius 3 is 2.78 bits per heavy atom. The van der Waals surface area contributed by atoms with Crippen LogP contribution in [0.4, 0.5) is 5.69 Å². The van der Waals surface area contributed by atoms with E-state index in [1.807, 2.05) is 0 Å². The van der Waals surface area contributed by atoms with E-state index in [0.29, 0.717) is 0 Å². The summed E-state index contributed by atoms with van der Waals surface area (Å²) in [5.74, 6) is 0. The molecule has 1 heterocycles. The summed E-state index contributed by atoms with van der Waals surface area (Å²) >= 11 is 0. The van der Waals surface area contributed by atoms with Crippen molar-refractivity contribution in [3.8, 4) is 0 Å². The molecular weight excluding hydrogens is 220 g/mol. The van der Waals surface area contributed by atoms with Gasteiger partial charge in [0, 0.05) is 24.3 Å². The fourth-order valence-electron chi connectivity index (χ4n) is 2.73. The Kier molecular flexibility index (Phi) is 4.28. The second-order valence-electron chi connectivity index (χ2n) is 6.17. The van der Waals surface area contributed by atoms with Crippen LogP contribution < -0.4 is 10.6 Å². The number of aryl methyl sites for hydroxylation is 1. The lowest BCUT2D eigenvalue weighted by Crippen LogP contribution is -2.34. The Labute approximate surface area is 111 Å². The first-order chi connectivity index (χ1) is 8.56. The smallest absolute Gasteiger partial charge is 0.0398 e. The number of hydrogen-bond donors (Lipinski definition) is 1. The molecule has 2 heteroatoms. The maximum atomic E-state index is 6.06.